The van der Waals surface area contributed by atoms with Crippen molar-refractivity contribution in [1.29, 1.82) is 0 Å². The summed E-state index contributed by atoms with van der Waals surface area (Å²) in [4.78, 5) is 4.52. The largest absolute Gasteiger partial charge is 0.505 e. The van der Waals surface area contributed by atoms with Crippen LogP contribution in [0.4, 0.5) is 8.78 Å². The molecule has 0 aliphatic heterocycles. The van der Waals surface area contributed by atoms with Crippen LogP contribution in [0, 0.1) is 11.6 Å². The highest BCUT2D eigenvalue weighted by atomic mass is 19.1. The lowest BCUT2D eigenvalue weighted by molar-refractivity contribution is 0.422. The summed E-state index contributed by atoms with van der Waals surface area (Å²) in [6, 6.07) is 19.2. The second kappa shape index (κ2) is 6.44. The molecular weight excluding hydrogens is 336 g/mol. The number of nitrogens with zero attached hydrogens (tertiary/aromatic N) is 1. The van der Waals surface area contributed by atoms with Gasteiger partial charge in [-0.3, -0.25) is 0 Å². The lowest BCUT2D eigenvalue weighted by Gasteiger charge is -2.11. The molecule has 0 aliphatic carbocycles. The molecule has 0 fully saturated rings. The monoisotopic (exact) mass is 349 g/mol. The van der Waals surface area contributed by atoms with E-state index in [4.69, 9.17) is 4.74 Å². The molecule has 1 N–H and O–H groups in total. The van der Waals surface area contributed by atoms with Gasteiger partial charge >= 0.3 is 0 Å². The van der Waals surface area contributed by atoms with Gasteiger partial charge in [-0.15, -0.1) is 0 Å². The Labute approximate surface area is 148 Å². The molecule has 3 aromatic carbocycles. The van der Waals surface area contributed by atoms with Crippen LogP contribution in [-0.2, 0) is 0 Å². The highest BCUT2D eigenvalue weighted by Gasteiger charge is 2.11. The molecule has 0 radical (unpaired) electrons. The van der Waals surface area contributed by atoms with E-state index in [1.165, 1.54) is 24.3 Å². The molecule has 0 bridgehead atoms. The number of halogens is 2. The molecule has 1 heterocycles. The minimum absolute atomic E-state index is 0.217. The Kier molecular flexibility index (Phi) is 3.97. The van der Waals surface area contributed by atoms with Crippen molar-refractivity contribution in [3.63, 3.8) is 0 Å². The van der Waals surface area contributed by atoms with Gasteiger partial charge < -0.3 is 9.84 Å². The number of hydrogen-bond donors (Lipinski definition) is 1. The smallest absolute Gasteiger partial charge is 0.227 e. The minimum atomic E-state index is -0.776. The molecule has 0 saturated heterocycles. The topological polar surface area (TPSA) is 42.4 Å². The van der Waals surface area contributed by atoms with E-state index in [-0.39, 0.29) is 11.6 Å². The summed E-state index contributed by atoms with van der Waals surface area (Å²) in [5.74, 6) is -1.04. The molecule has 0 spiro atoms. The SMILES string of the molecule is Oc1ccc(Oc2nc(-c3ccc(F)cc3)cc3ccccc23)cc1F. The van der Waals surface area contributed by atoms with Gasteiger partial charge in [-0.05, 0) is 53.9 Å². The van der Waals surface area contributed by atoms with Gasteiger partial charge in [-0.1, -0.05) is 18.2 Å². The third-order valence-electron chi connectivity index (χ3n) is 3.98. The van der Waals surface area contributed by atoms with Crippen LogP contribution in [0.3, 0.4) is 0 Å². The second-order valence-electron chi connectivity index (χ2n) is 5.76. The average molecular weight is 349 g/mol. The van der Waals surface area contributed by atoms with E-state index < -0.39 is 11.6 Å². The fraction of sp³-hybridized carbons (Fsp3) is 0. The predicted octanol–water partition coefficient (Wildman–Crippen LogP) is 5.68. The van der Waals surface area contributed by atoms with Crippen molar-refractivity contribution in [3.8, 4) is 28.6 Å². The Bertz CT molecular complexity index is 1090. The Morgan fingerprint density at radius 3 is 2.38 bits per heavy atom. The zero-order valence-corrected chi connectivity index (χ0v) is 13.5. The number of ether oxygens (including phenoxy) is 1. The van der Waals surface area contributed by atoms with Crippen LogP contribution in [0.25, 0.3) is 22.0 Å². The summed E-state index contributed by atoms with van der Waals surface area (Å²) in [6.45, 7) is 0. The first-order valence-corrected chi connectivity index (χ1v) is 7.92. The minimum Gasteiger partial charge on any atom is -0.505 e. The van der Waals surface area contributed by atoms with Crippen LogP contribution in [0.15, 0.2) is 72.8 Å². The zero-order chi connectivity index (χ0) is 18.1. The molecular formula is C21H13F2NO2. The first-order chi connectivity index (χ1) is 12.6. The van der Waals surface area contributed by atoms with Gasteiger partial charge in [0.2, 0.25) is 5.88 Å². The first kappa shape index (κ1) is 16.0. The number of benzene rings is 3. The second-order valence-corrected chi connectivity index (χ2v) is 5.76. The van der Waals surface area contributed by atoms with Gasteiger partial charge in [0, 0.05) is 17.0 Å². The van der Waals surface area contributed by atoms with Crippen LogP contribution < -0.4 is 4.74 Å². The fourth-order valence-electron chi connectivity index (χ4n) is 2.68. The van der Waals surface area contributed by atoms with Crippen LogP contribution in [-0.4, -0.2) is 10.1 Å². The van der Waals surface area contributed by atoms with E-state index >= 15 is 0 Å². The molecule has 0 saturated carbocycles. The van der Waals surface area contributed by atoms with Crippen molar-refractivity contribution in [2.24, 2.45) is 0 Å². The van der Waals surface area contributed by atoms with E-state index in [2.05, 4.69) is 4.98 Å². The molecule has 0 amide bonds. The quantitative estimate of drug-likeness (QED) is 0.517. The molecule has 4 aromatic rings. The Morgan fingerprint density at radius 2 is 1.62 bits per heavy atom. The standard InChI is InChI=1S/C21H13F2NO2/c22-15-7-5-13(6-8-15)19-11-14-3-1-2-4-17(14)21(24-19)26-16-9-10-20(25)18(23)12-16/h1-12,25H. The summed E-state index contributed by atoms with van der Waals surface area (Å²) < 4.78 is 32.6. The number of pyridine rings is 1. The lowest BCUT2D eigenvalue weighted by Crippen LogP contribution is -1.93. The summed E-state index contributed by atoms with van der Waals surface area (Å²) in [6.07, 6.45) is 0. The fourth-order valence-corrected chi connectivity index (χ4v) is 2.68. The van der Waals surface area contributed by atoms with Crippen molar-refractivity contribution in [1.82, 2.24) is 4.98 Å². The highest BCUT2D eigenvalue weighted by Crippen LogP contribution is 2.33. The van der Waals surface area contributed by atoms with Crippen LogP contribution in [0.2, 0.25) is 0 Å². The number of rotatable bonds is 3. The molecule has 0 aliphatic rings. The molecule has 4 rings (SSSR count). The average Bonchev–Trinajstić information content (AvgIpc) is 2.65. The van der Waals surface area contributed by atoms with Crippen molar-refractivity contribution in [2.45, 2.75) is 0 Å². The predicted molar refractivity (Wildman–Crippen MR) is 95.3 cm³/mol. The van der Waals surface area contributed by atoms with Gasteiger partial charge in [0.25, 0.3) is 0 Å². The van der Waals surface area contributed by atoms with Crippen molar-refractivity contribution in [2.75, 3.05) is 0 Å². The van der Waals surface area contributed by atoms with Gasteiger partial charge in [-0.2, -0.15) is 0 Å². The first-order valence-electron chi connectivity index (χ1n) is 7.92. The molecule has 0 unspecified atom stereocenters. The molecule has 5 heteroatoms. The maximum Gasteiger partial charge on any atom is 0.227 e. The van der Waals surface area contributed by atoms with Crippen LogP contribution in [0.5, 0.6) is 17.4 Å². The van der Waals surface area contributed by atoms with Gasteiger partial charge in [0.15, 0.2) is 11.6 Å². The number of aromatic hydroxyl groups is 1. The number of hydrogen-bond acceptors (Lipinski definition) is 3. The number of phenolic OH excluding ortho intramolecular Hbond substituents is 1. The van der Waals surface area contributed by atoms with E-state index in [0.717, 1.165) is 22.4 Å². The molecule has 0 atom stereocenters. The maximum absolute atomic E-state index is 13.6. The normalized spacial score (nSPS) is 10.8. The molecule has 1 aromatic heterocycles. The maximum atomic E-state index is 13.6. The van der Waals surface area contributed by atoms with Crippen molar-refractivity contribution < 1.29 is 18.6 Å². The highest BCUT2D eigenvalue weighted by molar-refractivity contribution is 5.90. The van der Waals surface area contributed by atoms with Crippen LogP contribution in [0.1, 0.15) is 0 Å². The van der Waals surface area contributed by atoms with E-state index in [9.17, 15) is 13.9 Å². The molecule has 128 valence electrons. The Hall–Kier alpha value is -3.47. The van der Waals surface area contributed by atoms with E-state index in [0.29, 0.717) is 11.6 Å². The molecule has 26 heavy (non-hydrogen) atoms. The summed E-state index contributed by atoms with van der Waals surface area (Å²) in [5.41, 5.74) is 1.34. The Morgan fingerprint density at radius 1 is 0.846 bits per heavy atom. The molecule has 3 nitrogen and oxygen atoms in total. The van der Waals surface area contributed by atoms with Crippen molar-refractivity contribution >= 4 is 10.8 Å². The number of aromatic nitrogens is 1. The van der Waals surface area contributed by atoms with E-state index in [1.54, 1.807) is 12.1 Å². The van der Waals surface area contributed by atoms with E-state index in [1.807, 2.05) is 30.3 Å². The summed E-state index contributed by atoms with van der Waals surface area (Å²) >= 11 is 0. The Balaban J connectivity index is 1.84. The number of fused-ring (bicyclic) bond motifs is 1. The third-order valence-corrected chi connectivity index (χ3v) is 3.98. The third kappa shape index (κ3) is 3.07. The van der Waals surface area contributed by atoms with Crippen molar-refractivity contribution in [3.05, 3.63) is 84.4 Å². The zero-order valence-electron chi connectivity index (χ0n) is 13.5. The summed E-state index contributed by atoms with van der Waals surface area (Å²) in [7, 11) is 0. The van der Waals surface area contributed by atoms with Gasteiger partial charge in [-0.25, -0.2) is 13.8 Å². The summed E-state index contributed by atoms with van der Waals surface area (Å²) in [5, 5.41) is 11.0. The van der Waals surface area contributed by atoms with Crippen LogP contribution >= 0.6 is 0 Å². The lowest BCUT2D eigenvalue weighted by atomic mass is 10.1. The van der Waals surface area contributed by atoms with Gasteiger partial charge in [0.1, 0.15) is 11.6 Å². The van der Waals surface area contributed by atoms with Gasteiger partial charge in [0.05, 0.1) is 5.69 Å². The number of phenols is 1.